The Morgan fingerprint density at radius 3 is 2.63 bits per heavy atom. The van der Waals surface area contributed by atoms with E-state index in [1.165, 1.54) is 0 Å². The number of piperidine rings is 1. The quantitative estimate of drug-likeness (QED) is 0.410. The molecule has 178 valence electrons. The molecular weight excluding hydrogens is 457 g/mol. The predicted octanol–water partition coefficient (Wildman–Crippen LogP) is 4.38. The van der Waals surface area contributed by atoms with Crippen molar-refractivity contribution in [3.8, 4) is 17.1 Å². The molecule has 7 nitrogen and oxygen atoms in total. The Bertz CT molecular complexity index is 1420. The number of halogens is 3. The number of aromatic nitrogens is 5. The number of carbonyl (C=O) groups is 1. The van der Waals surface area contributed by atoms with Crippen molar-refractivity contribution in [2.24, 2.45) is 7.05 Å². The van der Waals surface area contributed by atoms with E-state index in [9.17, 15) is 18.0 Å². The smallest absolute Gasteiger partial charge is 0.273 e. The second-order valence-corrected chi connectivity index (χ2v) is 8.94. The summed E-state index contributed by atoms with van der Waals surface area (Å²) in [5, 5.41) is 8.85. The Morgan fingerprint density at radius 1 is 1.09 bits per heavy atom. The first-order valence-electron chi connectivity index (χ1n) is 11.4. The van der Waals surface area contributed by atoms with Gasteiger partial charge in [-0.15, -0.1) is 0 Å². The molecule has 3 aromatic heterocycles. The van der Waals surface area contributed by atoms with Gasteiger partial charge in [0.2, 0.25) is 0 Å². The standard InChI is InChI=1S/C25H21F3N6O/c1-32-24(14-11-17(26)22(28)18(27)12-14)16-13-15-5-2-7-20(23(16)31-32)34(15)25(35)19-6-3-8-21(30-19)33-10-4-9-29-33/h3-4,6,8-12,15,20H,2,5,7,13H2,1H3/t15-,20+/m0/s1. The second kappa shape index (κ2) is 8.07. The minimum absolute atomic E-state index is 0.109. The molecule has 2 atom stereocenters. The molecule has 2 aliphatic rings. The summed E-state index contributed by atoms with van der Waals surface area (Å²) < 4.78 is 44.7. The SMILES string of the molecule is Cn1nc2c(c1-c1cc(F)c(F)c(F)c1)C[C@@H]1CCC[C@H]2N1C(=O)c1cccc(-n2cccn2)n1. The van der Waals surface area contributed by atoms with Crippen molar-refractivity contribution in [3.05, 3.63) is 83.2 Å². The summed E-state index contributed by atoms with van der Waals surface area (Å²) in [4.78, 5) is 20.1. The minimum atomic E-state index is -1.50. The van der Waals surface area contributed by atoms with Gasteiger partial charge in [0.15, 0.2) is 23.3 Å². The maximum atomic E-state index is 14.0. The van der Waals surface area contributed by atoms with Gasteiger partial charge in [-0.1, -0.05) is 6.07 Å². The van der Waals surface area contributed by atoms with Crippen molar-refractivity contribution in [3.63, 3.8) is 0 Å². The molecule has 5 heterocycles. The molecular formula is C25H21F3N6O. The van der Waals surface area contributed by atoms with Crippen LogP contribution in [0, 0.1) is 17.5 Å². The fourth-order valence-electron chi connectivity index (χ4n) is 5.41. The van der Waals surface area contributed by atoms with Crippen molar-refractivity contribution < 1.29 is 18.0 Å². The van der Waals surface area contributed by atoms with Gasteiger partial charge >= 0.3 is 0 Å². The van der Waals surface area contributed by atoms with Crippen LogP contribution in [0.5, 0.6) is 0 Å². The van der Waals surface area contributed by atoms with Crippen molar-refractivity contribution in [2.75, 3.05) is 0 Å². The number of pyridine rings is 1. The van der Waals surface area contributed by atoms with E-state index >= 15 is 0 Å². The van der Waals surface area contributed by atoms with Crippen LogP contribution in [0.25, 0.3) is 17.1 Å². The Morgan fingerprint density at radius 2 is 1.89 bits per heavy atom. The van der Waals surface area contributed by atoms with Crippen molar-refractivity contribution in [2.45, 2.75) is 37.8 Å². The van der Waals surface area contributed by atoms with Crippen LogP contribution >= 0.6 is 0 Å². The number of hydrogen-bond donors (Lipinski definition) is 0. The van der Waals surface area contributed by atoms with Crippen LogP contribution in [-0.4, -0.2) is 41.4 Å². The largest absolute Gasteiger partial charge is 0.325 e. The van der Waals surface area contributed by atoms with Crippen molar-refractivity contribution in [1.29, 1.82) is 0 Å². The first kappa shape index (κ1) is 21.6. The minimum Gasteiger partial charge on any atom is -0.325 e. The number of benzene rings is 1. The van der Waals surface area contributed by atoms with Gasteiger partial charge in [-0.05, 0) is 56.0 Å². The Balaban J connectivity index is 1.40. The van der Waals surface area contributed by atoms with Gasteiger partial charge in [0.25, 0.3) is 5.91 Å². The number of amides is 1. The zero-order chi connectivity index (χ0) is 24.3. The molecule has 0 saturated carbocycles. The first-order chi connectivity index (χ1) is 16.9. The van der Waals surface area contributed by atoms with Crippen LogP contribution in [0.4, 0.5) is 13.2 Å². The van der Waals surface area contributed by atoms with E-state index in [1.54, 1.807) is 53.1 Å². The highest BCUT2D eigenvalue weighted by Crippen LogP contribution is 2.45. The third kappa shape index (κ3) is 3.43. The highest BCUT2D eigenvalue weighted by molar-refractivity contribution is 5.93. The zero-order valence-corrected chi connectivity index (χ0v) is 18.8. The number of hydrogen-bond acceptors (Lipinski definition) is 4. The third-order valence-electron chi connectivity index (χ3n) is 6.86. The van der Waals surface area contributed by atoms with E-state index < -0.39 is 17.5 Å². The average molecular weight is 478 g/mol. The van der Waals surface area contributed by atoms with Gasteiger partial charge in [-0.25, -0.2) is 22.8 Å². The highest BCUT2D eigenvalue weighted by Gasteiger charge is 2.44. The topological polar surface area (TPSA) is 68.8 Å². The third-order valence-corrected chi connectivity index (χ3v) is 6.86. The fraction of sp³-hybridized carbons (Fsp3) is 0.280. The molecule has 1 aromatic carbocycles. The zero-order valence-electron chi connectivity index (χ0n) is 18.8. The molecule has 6 rings (SSSR count). The van der Waals surface area contributed by atoms with Gasteiger partial charge in [0.05, 0.1) is 17.4 Å². The number of fused-ring (bicyclic) bond motifs is 4. The van der Waals surface area contributed by atoms with E-state index in [0.29, 0.717) is 29.3 Å². The van der Waals surface area contributed by atoms with Crippen molar-refractivity contribution in [1.82, 2.24) is 29.4 Å². The lowest BCUT2D eigenvalue weighted by molar-refractivity contribution is 0.0386. The van der Waals surface area contributed by atoms with Crippen LogP contribution < -0.4 is 0 Å². The van der Waals surface area contributed by atoms with Crippen molar-refractivity contribution >= 4 is 5.91 Å². The summed E-state index contributed by atoms with van der Waals surface area (Å²) in [7, 11) is 1.69. The number of carbonyl (C=O) groups excluding carboxylic acids is 1. The molecule has 0 aliphatic carbocycles. The molecule has 35 heavy (non-hydrogen) atoms. The number of aryl methyl sites for hydroxylation is 1. The molecule has 0 unspecified atom stereocenters. The summed E-state index contributed by atoms with van der Waals surface area (Å²) in [6.07, 6.45) is 6.34. The van der Waals surface area contributed by atoms with E-state index in [4.69, 9.17) is 0 Å². The van der Waals surface area contributed by atoms with Gasteiger partial charge in [0.1, 0.15) is 5.69 Å². The molecule has 10 heteroatoms. The van der Waals surface area contributed by atoms with Crippen LogP contribution in [0.2, 0.25) is 0 Å². The Kier molecular flexibility index (Phi) is 4.98. The van der Waals surface area contributed by atoms with E-state index in [0.717, 1.165) is 37.0 Å². The van der Waals surface area contributed by atoms with E-state index in [1.807, 2.05) is 4.90 Å². The van der Waals surface area contributed by atoms with Crippen LogP contribution in [0.3, 0.4) is 0 Å². The van der Waals surface area contributed by atoms with E-state index in [-0.39, 0.29) is 23.6 Å². The molecule has 1 saturated heterocycles. The number of nitrogens with zero attached hydrogens (tertiary/aromatic N) is 6. The Hall–Kier alpha value is -3.95. The summed E-state index contributed by atoms with van der Waals surface area (Å²) in [5.74, 6) is -3.63. The molecule has 4 aromatic rings. The summed E-state index contributed by atoms with van der Waals surface area (Å²) in [6, 6.07) is 8.63. The summed E-state index contributed by atoms with van der Waals surface area (Å²) in [6.45, 7) is 0. The molecule has 1 fully saturated rings. The molecule has 0 radical (unpaired) electrons. The molecule has 1 amide bonds. The fourth-order valence-corrected chi connectivity index (χ4v) is 5.41. The van der Waals surface area contributed by atoms with Gasteiger partial charge in [-0.2, -0.15) is 10.2 Å². The van der Waals surface area contributed by atoms with Crippen LogP contribution in [-0.2, 0) is 13.5 Å². The highest BCUT2D eigenvalue weighted by atomic mass is 19.2. The monoisotopic (exact) mass is 478 g/mol. The Labute approximate surface area is 198 Å². The number of rotatable bonds is 3. The predicted molar refractivity (Wildman–Crippen MR) is 120 cm³/mol. The lowest BCUT2D eigenvalue weighted by Crippen LogP contribution is -2.50. The second-order valence-electron chi connectivity index (χ2n) is 8.94. The maximum absolute atomic E-state index is 14.0. The molecule has 2 bridgehead atoms. The molecule has 2 aliphatic heterocycles. The van der Waals surface area contributed by atoms with Gasteiger partial charge in [0, 0.05) is 36.6 Å². The molecule has 0 N–H and O–H groups in total. The molecule has 0 spiro atoms. The summed E-state index contributed by atoms with van der Waals surface area (Å²) in [5.41, 5.74) is 2.64. The normalized spacial score (nSPS) is 19.0. The lowest BCUT2D eigenvalue weighted by Gasteiger charge is -2.45. The van der Waals surface area contributed by atoms with Crippen LogP contribution in [0.1, 0.15) is 47.1 Å². The lowest BCUT2D eigenvalue weighted by atomic mass is 9.81. The van der Waals surface area contributed by atoms with Gasteiger partial charge < -0.3 is 4.90 Å². The summed E-state index contributed by atoms with van der Waals surface area (Å²) >= 11 is 0. The maximum Gasteiger partial charge on any atom is 0.273 e. The van der Waals surface area contributed by atoms with E-state index in [2.05, 4.69) is 15.2 Å². The average Bonchev–Trinajstić information content (AvgIpc) is 3.50. The van der Waals surface area contributed by atoms with Gasteiger partial charge in [-0.3, -0.25) is 9.48 Å². The van der Waals surface area contributed by atoms with Crippen LogP contribution in [0.15, 0.2) is 48.8 Å². The first-order valence-corrected chi connectivity index (χ1v) is 11.4.